The number of pyridine rings is 1. The zero-order chi connectivity index (χ0) is 16.9. The number of benzene rings is 1. The summed E-state index contributed by atoms with van der Waals surface area (Å²) >= 11 is 0. The lowest BCUT2D eigenvalue weighted by Crippen LogP contribution is -2.37. The van der Waals surface area contributed by atoms with Crippen LogP contribution in [0.15, 0.2) is 48.7 Å². The predicted octanol–water partition coefficient (Wildman–Crippen LogP) is 3.65. The maximum atomic E-state index is 5.43. The first kappa shape index (κ1) is 16.6. The zero-order valence-corrected chi connectivity index (χ0v) is 14.8. The second kappa shape index (κ2) is 7.98. The molecule has 1 aromatic heterocycles. The molecule has 0 N–H and O–H groups in total. The summed E-state index contributed by atoms with van der Waals surface area (Å²) in [6.45, 7) is 5.68. The Bertz CT molecular complexity index is 653. The Hall–Kier alpha value is -1.91. The summed E-state index contributed by atoms with van der Waals surface area (Å²) in [6, 6.07) is 15.8. The minimum absolute atomic E-state index is 0.486. The van der Waals surface area contributed by atoms with Crippen molar-refractivity contribution >= 4 is 5.82 Å². The molecule has 1 aromatic carbocycles. The molecule has 0 spiro atoms. The second-order valence-corrected chi connectivity index (χ2v) is 7.02. The summed E-state index contributed by atoms with van der Waals surface area (Å²) in [7, 11) is 0. The van der Waals surface area contributed by atoms with Crippen LogP contribution in [0.4, 0.5) is 5.82 Å². The number of ether oxygens (including phenoxy) is 1. The molecule has 2 aliphatic heterocycles. The summed E-state index contributed by atoms with van der Waals surface area (Å²) in [5.41, 5.74) is 2.75. The van der Waals surface area contributed by atoms with Crippen LogP contribution in [0.3, 0.4) is 0 Å². The molecule has 0 radical (unpaired) electrons. The highest BCUT2D eigenvalue weighted by atomic mass is 16.5. The van der Waals surface area contributed by atoms with Crippen LogP contribution in [0.2, 0.25) is 0 Å². The quantitative estimate of drug-likeness (QED) is 0.851. The van der Waals surface area contributed by atoms with E-state index in [0.717, 1.165) is 38.7 Å². The number of hydrogen-bond donors (Lipinski definition) is 0. The van der Waals surface area contributed by atoms with Crippen molar-refractivity contribution in [2.24, 2.45) is 0 Å². The van der Waals surface area contributed by atoms with Crippen LogP contribution in [0.25, 0.3) is 0 Å². The Balaban J connectivity index is 1.48. The van der Waals surface area contributed by atoms with Gasteiger partial charge in [0, 0.05) is 31.9 Å². The van der Waals surface area contributed by atoms with Crippen molar-refractivity contribution in [2.45, 2.75) is 31.8 Å². The average molecular weight is 337 g/mol. The van der Waals surface area contributed by atoms with Crippen molar-refractivity contribution < 1.29 is 4.74 Å². The fourth-order valence-electron chi connectivity index (χ4n) is 3.95. The van der Waals surface area contributed by atoms with Crippen LogP contribution in [0, 0.1) is 0 Å². The van der Waals surface area contributed by atoms with E-state index in [-0.39, 0.29) is 0 Å². The molecule has 0 unspecified atom stereocenters. The number of nitrogens with zero attached hydrogens (tertiary/aromatic N) is 3. The molecule has 2 fully saturated rings. The molecule has 2 aliphatic rings. The molecule has 4 rings (SSSR count). The van der Waals surface area contributed by atoms with Crippen LogP contribution in [0.5, 0.6) is 0 Å². The van der Waals surface area contributed by atoms with E-state index >= 15 is 0 Å². The molecule has 2 aromatic rings. The molecule has 4 heteroatoms. The zero-order valence-electron chi connectivity index (χ0n) is 14.8. The highest BCUT2D eigenvalue weighted by Crippen LogP contribution is 2.32. The van der Waals surface area contributed by atoms with E-state index in [0.29, 0.717) is 6.04 Å². The van der Waals surface area contributed by atoms with Gasteiger partial charge in [0.05, 0.1) is 13.2 Å². The van der Waals surface area contributed by atoms with Gasteiger partial charge in [-0.2, -0.15) is 0 Å². The van der Waals surface area contributed by atoms with Gasteiger partial charge in [0.25, 0.3) is 0 Å². The normalized spacial score (nSPS) is 22.1. The van der Waals surface area contributed by atoms with Gasteiger partial charge in [0.1, 0.15) is 5.82 Å². The van der Waals surface area contributed by atoms with Crippen molar-refractivity contribution in [1.82, 2.24) is 9.88 Å². The number of aromatic nitrogens is 1. The lowest BCUT2D eigenvalue weighted by molar-refractivity contribution is 0.122. The van der Waals surface area contributed by atoms with Crippen LogP contribution in [-0.4, -0.2) is 42.7 Å². The van der Waals surface area contributed by atoms with Crippen molar-refractivity contribution in [2.75, 3.05) is 37.7 Å². The summed E-state index contributed by atoms with van der Waals surface area (Å²) in [5.74, 6) is 1.08. The van der Waals surface area contributed by atoms with Gasteiger partial charge in [-0.3, -0.25) is 4.90 Å². The first-order valence-corrected chi connectivity index (χ1v) is 9.47. The molecule has 2 saturated heterocycles. The Morgan fingerprint density at radius 3 is 2.56 bits per heavy atom. The number of morpholine rings is 1. The van der Waals surface area contributed by atoms with Crippen molar-refractivity contribution in [1.29, 1.82) is 0 Å². The van der Waals surface area contributed by atoms with E-state index in [1.165, 1.54) is 36.9 Å². The Kier molecular flexibility index (Phi) is 5.28. The lowest BCUT2D eigenvalue weighted by atomic mass is 9.95. The van der Waals surface area contributed by atoms with E-state index in [2.05, 4.69) is 58.5 Å². The standard InChI is InChI=1S/C21H27N3O/c1-2-6-18(7-3-1)17-24-11-5-4-8-20(24)19-9-10-21(22-16-19)23-12-14-25-15-13-23/h1-3,6-7,9-10,16,20H,4-5,8,11-15,17H2/t20-/m1/s1. The Morgan fingerprint density at radius 1 is 0.960 bits per heavy atom. The molecular weight excluding hydrogens is 310 g/mol. The van der Waals surface area contributed by atoms with Crippen molar-refractivity contribution in [3.63, 3.8) is 0 Å². The van der Waals surface area contributed by atoms with Gasteiger partial charge in [-0.1, -0.05) is 42.8 Å². The molecule has 132 valence electrons. The van der Waals surface area contributed by atoms with E-state index < -0.39 is 0 Å². The van der Waals surface area contributed by atoms with Gasteiger partial charge in [0.2, 0.25) is 0 Å². The Morgan fingerprint density at radius 2 is 1.80 bits per heavy atom. The predicted molar refractivity (Wildman–Crippen MR) is 101 cm³/mol. The number of hydrogen-bond acceptors (Lipinski definition) is 4. The van der Waals surface area contributed by atoms with Crippen LogP contribution >= 0.6 is 0 Å². The second-order valence-electron chi connectivity index (χ2n) is 7.02. The lowest BCUT2D eigenvalue weighted by Gasteiger charge is -2.36. The van der Waals surface area contributed by atoms with E-state index in [4.69, 9.17) is 9.72 Å². The molecule has 0 saturated carbocycles. The fourth-order valence-corrected chi connectivity index (χ4v) is 3.95. The smallest absolute Gasteiger partial charge is 0.128 e. The third kappa shape index (κ3) is 4.02. The number of anilines is 1. The molecule has 4 nitrogen and oxygen atoms in total. The van der Waals surface area contributed by atoms with Gasteiger partial charge >= 0.3 is 0 Å². The monoisotopic (exact) mass is 337 g/mol. The molecule has 3 heterocycles. The maximum absolute atomic E-state index is 5.43. The van der Waals surface area contributed by atoms with Gasteiger partial charge in [0.15, 0.2) is 0 Å². The summed E-state index contributed by atoms with van der Waals surface area (Å²) in [5, 5.41) is 0. The first-order valence-electron chi connectivity index (χ1n) is 9.47. The van der Waals surface area contributed by atoms with Crippen molar-refractivity contribution in [3.05, 3.63) is 59.8 Å². The van der Waals surface area contributed by atoms with Gasteiger partial charge in [-0.15, -0.1) is 0 Å². The van der Waals surface area contributed by atoms with Crippen LogP contribution in [-0.2, 0) is 11.3 Å². The third-order valence-electron chi connectivity index (χ3n) is 5.33. The van der Waals surface area contributed by atoms with Gasteiger partial charge in [-0.25, -0.2) is 4.98 Å². The molecule has 0 bridgehead atoms. The molecule has 1 atom stereocenters. The first-order chi connectivity index (χ1) is 12.4. The molecule has 25 heavy (non-hydrogen) atoms. The third-order valence-corrected chi connectivity index (χ3v) is 5.33. The van der Waals surface area contributed by atoms with E-state index in [9.17, 15) is 0 Å². The largest absolute Gasteiger partial charge is 0.378 e. The van der Waals surface area contributed by atoms with E-state index in [1.54, 1.807) is 0 Å². The van der Waals surface area contributed by atoms with Crippen molar-refractivity contribution in [3.8, 4) is 0 Å². The highest BCUT2D eigenvalue weighted by Gasteiger charge is 2.24. The minimum atomic E-state index is 0.486. The summed E-state index contributed by atoms with van der Waals surface area (Å²) in [6.07, 6.45) is 5.92. The summed E-state index contributed by atoms with van der Waals surface area (Å²) < 4.78 is 5.43. The van der Waals surface area contributed by atoms with Crippen LogP contribution in [0.1, 0.15) is 36.4 Å². The van der Waals surface area contributed by atoms with Crippen LogP contribution < -0.4 is 4.90 Å². The maximum Gasteiger partial charge on any atom is 0.128 e. The molecular formula is C21H27N3O. The summed E-state index contributed by atoms with van der Waals surface area (Å²) in [4.78, 5) is 9.69. The van der Waals surface area contributed by atoms with Gasteiger partial charge < -0.3 is 9.64 Å². The number of rotatable bonds is 4. The number of piperidine rings is 1. The number of likely N-dealkylation sites (tertiary alicyclic amines) is 1. The minimum Gasteiger partial charge on any atom is -0.378 e. The molecule has 0 amide bonds. The molecule has 0 aliphatic carbocycles. The topological polar surface area (TPSA) is 28.6 Å². The SMILES string of the molecule is c1ccc(CN2CCCC[C@@H]2c2ccc(N3CCOCC3)nc2)cc1. The average Bonchev–Trinajstić information content (AvgIpc) is 2.70. The van der Waals surface area contributed by atoms with Gasteiger partial charge in [-0.05, 0) is 36.6 Å². The van der Waals surface area contributed by atoms with E-state index in [1.807, 2.05) is 0 Å². The highest BCUT2D eigenvalue weighted by molar-refractivity contribution is 5.40. The Labute approximate surface area is 150 Å². The fraction of sp³-hybridized carbons (Fsp3) is 0.476.